The molecule has 0 atom stereocenters. The van der Waals surface area contributed by atoms with Crippen LogP contribution in [0, 0.1) is 0 Å². The van der Waals surface area contributed by atoms with Crippen LogP contribution >= 0.6 is 0 Å². The van der Waals surface area contributed by atoms with Crippen LogP contribution in [0.5, 0.6) is 0 Å². The van der Waals surface area contributed by atoms with Gasteiger partial charge in [0.05, 0.1) is 0 Å². The van der Waals surface area contributed by atoms with Gasteiger partial charge in [-0.1, -0.05) is 0 Å². The van der Waals surface area contributed by atoms with E-state index in [1.165, 1.54) is 7.00 Å². The molecule has 0 rings (SSSR count). The first-order valence-electron chi connectivity index (χ1n) is 3.32. The molecule has 56 valence electrons. The van der Waals surface area contributed by atoms with Gasteiger partial charge in [0, 0.05) is 0 Å². The molecular formula is C6H14B2O2. The van der Waals surface area contributed by atoms with Crippen LogP contribution in [0.4, 0.5) is 0 Å². The zero-order valence-electron chi connectivity index (χ0n) is 7.14. The molecule has 0 saturated heterocycles. The predicted molar refractivity (Wildman–Crippen MR) is 44.4 cm³/mol. The van der Waals surface area contributed by atoms with Crippen molar-refractivity contribution in [3.05, 3.63) is 0 Å². The van der Waals surface area contributed by atoms with Crippen molar-refractivity contribution in [3.8, 4) is 0 Å². The first-order valence-corrected chi connectivity index (χ1v) is 3.32. The third-order valence-corrected chi connectivity index (χ3v) is 1.85. The van der Waals surface area contributed by atoms with Gasteiger partial charge in [-0.3, -0.25) is 0 Å². The summed E-state index contributed by atoms with van der Waals surface area (Å²) >= 11 is 0. The van der Waals surface area contributed by atoms with E-state index in [0.29, 0.717) is 0 Å². The van der Waals surface area contributed by atoms with Crippen molar-refractivity contribution in [3.63, 3.8) is 0 Å². The first-order chi connectivity index (χ1) is 4.31. The summed E-state index contributed by atoms with van der Waals surface area (Å²) in [6.07, 6.45) is 0. The molecule has 0 aromatic rings. The predicted octanol–water partition coefficient (Wildman–Crippen LogP) is -0.0125. The maximum absolute atomic E-state index is 9.50. The second-order valence-corrected chi connectivity index (χ2v) is 3.35. The van der Waals surface area contributed by atoms with Gasteiger partial charge in [0.2, 0.25) is 0 Å². The van der Waals surface area contributed by atoms with Gasteiger partial charge < -0.3 is 0 Å². The van der Waals surface area contributed by atoms with Crippen molar-refractivity contribution in [2.75, 3.05) is 0 Å². The quantitative estimate of drug-likeness (QED) is 0.558. The van der Waals surface area contributed by atoms with Gasteiger partial charge in [0.1, 0.15) is 0 Å². The molecule has 0 radical (unpaired) electrons. The summed E-state index contributed by atoms with van der Waals surface area (Å²) in [6, 6.07) is 0. The van der Waals surface area contributed by atoms with Crippen LogP contribution in [-0.4, -0.2) is 30.7 Å². The van der Waals surface area contributed by atoms with E-state index in [1.54, 1.807) is 13.8 Å². The normalized spacial score (nSPS) is 12.4. The Bertz CT molecular complexity index is 126. The molecule has 0 spiro atoms. The van der Waals surface area contributed by atoms with Crippen LogP contribution in [0.15, 0.2) is 0 Å². The Morgan fingerprint density at radius 3 is 1.80 bits per heavy atom. The summed E-state index contributed by atoms with van der Waals surface area (Å²) < 4.78 is 5.11. The van der Waals surface area contributed by atoms with Gasteiger partial charge in [0.25, 0.3) is 0 Å². The fourth-order valence-electron chi connectivity index (χ4n) is 0.353. The van der Waals surface area contributed by atoms with Crippen molar-refractivity contribution in [1.29, 1.82) is 0 Å². The van der Waals surface area contributed by atoms with E-state index < -0.39 is 11.2 Å². The first kappa shape index (κ1) is 9.89. The molecule has 2 nitrogen and oxygen atoms in total. The summed E-state index contributed by atoms with van der Waals surface area (Å²) in [6.45, 7) is 7.04. The zero-order valence-corrected chi connectivity index (χ0v) is 7.14. The molecule has 0 bridgehead atoms. The van der Waals surface area contributed by atoms with Crippen molar-refractivity contribution in [2.45, 2.75) is 38.9 Å². The van der Waals surface area contributed by atoms with Crippen LogP contribution < -0.4 is 0 Å². The zero-order chi connectivity index (χ0) is 8.41. The van der Waals surface area contributed by atoms with Crippen LogP contribution in [0.25, 0.3) is 0 Å². The van der Waals surface area contributed by atoms with Crippen LogP contribution in [0.3, 0.4) is 0 Å². The van der Waals surface area contributed by atoms with E-state index >= 15 is 0 Å². The van der Waals surface area contributed by atoms with E-state index in [9.17, 15) is 5.11 Å². The van der Waals surface area contributed by atoms with E-state index in [2.05, 4.69) is 7.37 Å². The molecule has 0 aromatic heterocycles. The number of hydrogen-bond acceptors (Lipinski definition) is 2. The molecular weight excluding hydrogens is 126 g/mol. The molecule has 4 heteroatoms. The minimum atomic E-state index is -0.846. The maximum atomic E-state index is 9.50. The van der Waals surface area contributed by atoms with Gasteiger partial charge in [-0.15, -0.1) is 0 Å². The van der Waals surface area contributed by atoms with E-state index in [4.69, 9.17) is 4.65 Å². The Kier molecular flexibility index (Phi) is 2.84. The topological polar surface area (TPSA) is 29.5 Å². The Morgan fingerprint density at radius 2 is 1.70 bits per heavy atom. The standard InChI is InChI=1S/C6H14B2O2/c1-5(2,9)6(3,4)10-8-7/h7,9H,1-4H3. The van der Waals surface area contributed by atoms with Gasteiger partial charge >= 0.3 is 63.0 Å². The minimum absolute atomic E-state index is 0.575. The number of rotatable bonds is 3. The van der Waals surface area contributed by atoms with Gasteiger partial charge in [-0.25, -0.2) is 0 Å². The van der Waals surface area contributed by atoms with E-state index in [1.807, 2.05) is 13.8 Å². The average Bonchev–Trinajstić information content (AvgIpc) is 1.61. The monoisotopic (exact) mass is 140 g/mol. The van der Waals surface area contributed by atoms with E-state index in [-0.39, 0.29) is 0 Å². The summed E-state index contributed by atoms with van der Waals surface area (Å²) in [5.41, 5.74) is -1.42. The fraction of sp³-hybridized carbons (Fsp3) is 1.00. The summed E-state index contributed by atoms with van der Waals surface area (Å²) in [5, 5.41) is 9.50. The van der Waals surface area contributed by atoms with Crippen molar-refractivity contribution >= 4 is 14.4 Å². The third-order valence-electron chi connectivity index (χ3n) is 1.85. The molecule has 0 aliphatic carbocycles. The van der Waals surface area contributed by atoms with Crippen molar-refractivity contribution in [1.82, 2.24) is 0 Å². The molecule has 0 heterocycles. The van der Waals surface area contributed by atoms with Crippen LogP contribution in [0.2, 0.25) is 0 Å². The van der Waals surface area contributed by atoms with E-state index in [0.717, 1.165) is 0 Å². The Balaban J connectivity index is 4.23. The molecule has 0 saturated carbocycles. The summed E-state index contributed by atoms with van der Waals surface area (Å²) in [4.78, 5) is 0. The molecule has 0 aromatic carbocycles. The average molecular weight is 140 g/mol. The third kappa shape index (κ3) is 2.25. The molecule has 1 N–H and O–H groups in total. The summed E-state index contributed by atoms with van der Waals surface area (Å²) in [7, 11) is 4.77. The number of hydrogen-bond donors (Lipinski definition) is 1. The van der Waals surface area contributed by atoms with Gasteiger partial charge in [0.15, 0.2) is 0 Å². The fourth-order valence-corrected chi connectivity index (χ4v) is 0.353. The Labute approximate surface area is 63.9 Å². The molecule has 10 heavy (non-hydrogen) atoms. The van der Waals surface area contributed by atoms with Crippen LogP contribution in [-0.2, 0) is 4.65 Å². The second kappa shape index (κ2) is 2.87. The molecule has 0 aliphatic rings. The van der Waals surface area contributed by atoms with Gasteiger partial charge in [-0.2, -0.15) is 0 Å². The Morgan fingerprint density at radius 1 is 1.30 bits per heavy atom. The van der Waals surface area contributed by atoms with Crippen LogP contribution in [0.1, 0.15) is 27.7 Å². The molecule has 0 fully saturated rings. The number of aliphatic hydroxyl groups is 1. The van der Waals surface area contributed by atoms with Crippen molar-refractivity contribution < 1.29 is 9.76 Å². The second-order valence-electron chi connectivity index (χ2n) is 3.35. The summed E-state index contributed by atoms with van der Waals surface area (Å²) in [5.74, 6) is 0. The van der Waals surface area contributed by atoms with Crippen molar-refractivity contribution in [2.24, 2.45) is 0 Å². The van der Waals surface area contributed by atoms with Gasteiger partial charge in [-0.05, 0) is 0 Å². The Hall–Kier alpha value is -0.110. The molecule has 0 unspecified atom stereocenters. The SMILES string of the molecule is B=BOC(C)(C)C(C)(C)O. The molecule has 0 aliphatic heterocycles. The molecule has 0 amide bonds.